The summed E-state index contributed by atoms with van der Waals surface area (Å²) in [6.45, 7) is 8.59. The molecule has 0 amide bonds. The first-order valence-corrected chi connectivity index (χ1v) is 6.77. The minimum atomic E-state index is -0.822. The molecule has 0 unspecified atom stereocenters. The third-order valence-corrected chi connectivity index (χ3v) is 4.22. The molecule has 1 aromatic heterocycles. The zero-order valence-electron chi connectivity index (χ0n) is 10.1. The van der Waals surface area contributed by atoms with Crippen molar-refractivity contribution in [2.24, 2.45) is 0 Å². The molecule has 17 heavy (non-hydrogen) atoms. The van der Waals surface area contributed by atoms with Gasteiger partial charge in [-0.05, 0) is 18.7 Å². The van der Waals surface area contributed by atoms with E-state index in [-0.39, 0.29) is 0 Å². The van der Waals surface area contributed by atoms with Gasteiger partial charge in [0.2, 0.25) is 0 Å². The average Bonchev–Trinajstić information content (AvgIpc) is 2.79. The molecule has 1 saturated heterocycles. The molecule has 2 heterocycles. The normalized spacial score (nSPS) is 18.4. The highest BCUT2D eigenvalue weighted by atomic mass is 32.1. The minimum Gasteiger partial charge on any atom is -0.477 e. The minimum absolute atomic E-state index is 0.437. The molecule has 0 aliphatic carbocycles. The molecule has 0 atom stereocenters. The number of hydrogen-bond acceptors (Lipinski definition) is 4. The van der Waals surface area contributed by atoms with Gasteiger partial charge < -0.3 is 10.0 Å². The van der Waals surface area contributed by atoms with Crippen molar-refractivity contribution in [1.82, 2.24) is 9.80 Å². The molecule has 4 nitrogen and oxygen atoms in total. The number of hydrogen-bond donors (Lipinski definition) is 1. The third kappa shape index (κ3) is 3.28. The molecule has 1 fully saturated rings. The summed E-state index contributed by atoms with van der Waals surface area (Å²) in [4.78, 5) is 17.2. The monoisotopic (exact) mass is 254 g/mol. The van der Waals surface area contributed by atoms with Crippen LogP contribution in [0.4, 0.5) is 0 Å². The van der Waals surface area contributed by atoms with Crippen LogP contribution in [0.15, 0.2) is 12.1 Å². The summed E-state index contributed by atoms with van der Waals surface area (Å²) in [5.41, 5.74) is 0. The highest BCUT2D eigenvalue weighted by Gasteiger charge is 2.16. The predicted molar refractivity (Wildman–Crippen MR) is 68.7 cm³/mol. The van der Waals surface area contributed by atoms with Gasteiger partial charge in [0.05, 0.1) is 0 Å². The molecular formula is C12H18N2O2S. The fourth-order valence-corrected chi connectivity index (χ4v) is 2.95. The van der Waals surface area contributed by atoms with Gasteiger partial charge in [0.25, 0.3) is 0 Å². The van der Waals surface area contributed by atoms with Crippen molar-refractivity contribution in [3.63, 3.8) is 0 Å². The maximum atomic E-state index is 10.8. The lowest BCUT2D eigenvalue weighted by molar-refractivity contribution is 0.0702. The van der Waals surface area contributed by atoms with Crippen molar-refractivity contribution < 1.29 is 9.90 Å². The van der Waals surface area contributed by atoms with Crippen LogP contribution in [0, 0.1) is 0 Å². The lowest BCUT2D eigenvalue weighted by Gasteiger charge is -2.33. The number of likely N-dealkylation sites (N-methyl/N-ethyl adjacent to an activating group) is 1. The van der Waals surface area contributed by atoms with Crippen molar-refractivity contribution in [3.8, 4) is 0 Å². The Morgan fingerprint density at radius 2 is 1.94 bits per heavy atom. The van der Waals surface area contributed by atoms with Crippen LogP contribution in [0.25, 0.3) is 0 Å². The summed E-state index contributed by atoms with van der Waals surface area (Å²) in [6.07, 6.45) is 0. The molecule has 0 radical (unpaired) electrons. The third-order valence-electron chi connectivity index (χ3n) is 3.16. The van der Waals surface area contributed by atoms with Crippen LogP contribution in [0.2, 0.25) is 0 Å². The van der Waals surface area contributed by atoms with E-state index >= 15 is 0 Å². The Balaban J connectivity index is 1.86. The molecule has 1 N–H and O–H groups in total. The van der Waals surface area contributed by atoms with Gasteiger partial charge in [-0.15, -0.1) is 11.3 Å². The fraction of sp³-hybridized carbons (Fsp3) is 0.583. The quantitative estimate of drug-likeness (QED) is 0.886. The van der Waals surface area contributed by atoms with E-state index in [9.17, 15) is 4.79 Å². The number of carboxylic acid groups (broad SMARTS) is 1. The topological polar surface area (TPSA) is 43.8 Å². The number of nitrogens with zero attached hydrogens (tertiary/aromatic N) is 2. The second-order valence-electron chi connectivity index (χ2n) is 4.28. The average molecular weight is 254 g/mol. The van der Waals surface area contributed by atoms with Gasteiger partial charge in [-0.25, -0.2) is 4.79 Å². The summed E-state index contributed by atoms with van der Waals surface area (Å²) < 4.78 is 0. The summed E-state index contributed by atoms with van der Waals surface area (Å²) in [7, 11) is 0. The Labute approximate surface area is 105 Å². The van der Waals surface area contributed by atoms with Crippen molar-refractivity contribution in [2.75, 3.05) is 32.7 Å². The van der Waals surface area contributed by atoms with E-state index < -0.39 is 5.97 Å². The molecule has 2 rings (SSSR count). The fourth-order valence-electron chi connectivity index (χ4n) is 2.06. The van der Waals surface area contributed by atoms with Crippen LogP contribution in [-0.2, 0) is 6.54 Å². The van der Waals surface area contributed by atoms with Crippen molar-refractivity contribution in [3.05, 3.63) is 21.9 Å². The van der Waals surface area contributed by atoms with Crippen molar-refractivity contribution in [2.45, 2.75) is 13.5 Å². The Kier molecular flexibility index (Phi) is 4.15. The van der Waals surface area contributed by atoms with E-state index in [1.807, 2.05) is 6.07 Å². The number of rotatable bonds is 4. The van der Waals surface area contributed by atoms with Crippen LogP contribution in [-0.4, -0.2) is 53.6 Å². The van der Waals surface area contributed by atoms with E-state index in [0.717, 1.165) is 44.1 Å². The first kappa shape index (κ1) is 12.5. The number of carbonyl (C=O) groups is 1. The maximum absolute atomic E-state index is 10.8. The van der Waals surface area contributed by atoms with Gasteiger partial charge in [-0.1, -0.05) is 6.92 Å². The second-order valence-corrected chi connectivity index (χ2v) is 5.45. The first-order valence-electron chi connectivity index (χ1n) is 5.95. The van der Waals surface area contributed by atoms with Gasteiger partial charge in [0.15, 0.2) is 0 Å². The SMILES string of the molecule is CCN1CCN(Cc2ccc(C(=O)O)s2)CC1. The van der Waals surface area contributed by atoms with Crippen LogP contribution in [0.5, 0.6) is 0 Å². The smallest absolute Gasteiger partial charge is 0.345 e. The van der Waals surface area contributed by atoms with E-state index in [4.69, 9.17) is 5.11 Å². The molecule has 0 spiro atoms. The predicted octanol–water partition coefficient (Wildman–Crippen LogP) is 1.58. The molecule has 0 bridgehead atoms. The van der Waals surface area contributed by atoms with E-state index in [2.05, 4.69) is 16.7 Å². The molecule has 1 aliphatic rings. The number of carboxylic acids is 1. The van der Waals surface area contributed by atoms with E-state index in [0.29, 0.717) is 4.88 Å². The van der Waals surface area contributed by atoms with Gasteiger partial charge in [0, 0.05) is 37.6 Å². The molecule has 0 aromatic carbocycles. The van der Waals surface area contributed by atoms with Gasteiger partial charge in [0.1, 0.15) is 4.88 Å². The lowest BCUT2D eigenvalue weighted by atomic mass is 10.3. The van der Waals surface area contributed by atoms with Gasteiger partial charge in [-0.3, -0.25) is 4.90 Å². The zero-order chi connectivity index (χ0) is 12.3. The van der Waals surface area contributed by atoms with Gasteiger partial charge in [-0.2, -0.15) is 0 Å². The summed E-state index contributed by atoms with van der Waals surface area (Å²) in [5, 5.41) is 8.86. The highest BCUT2D eigenvalue weighted by molar-refractivity contribution is 7.13. The van der Waals surface area contributed by atoms with E-state index in [1.165, 1.54) is 11.3 Å². The molecule has 1 aromatic rings. The summed E-state index contributed by atoms with van der Waals surface area (Å²) in [6, 6.07) is 3.63. The van der Waals surface area contributed by atoms with Crippen molar-refractivity contribution in [1.29, 1.82) is 0 Å². The number of thiophene rings is 1. The first-order chi connectivity index (χ1) is 8.19. The number of aromatic carboxylic acids is 1. The molecule has 0 saturated carbocycles. The van der Waals surface area contributed by atoms with Crippen LogP contribution < -0.4 is 0 Å². The zero-order valence-corrected chi connectivity index (χ0v) is 10.9. The Hall–Kier alpha value is -0.910. The molecule has 1 aliphatic heterocycles. The Bertz CT molecular complexity index is 384. The van der Waals surface area contributed by atoms with Crippen LogP contribution >= 0.6 is 11.3 Å². The molecular weight excluding hydrogens is 236 g/mol. The summed E-state index contributed by atoms with van der Waals surface area (Å²) >= 11 is 1.39. The van der Waals surface area contributed by atoms with E-state index in [1.54, 1.807) is 6.07 Å². The lowest BCUT2D eigenvalue weighted by Crippen LogP contribution is -2.45. The van der Waals surface area contributed by atoms with Crippen LogP contribution in [0.1, 0.15) is 21.5 Å². The second kappa shape index (κ2) is 5.62. The standard InChI is InChI=1S/C12H18N2O2S/c1-2-13-5-7-14(8-6-13)9-10-3-4-11(17-10)12(15)16/h3-4H,2,5-9H2,1H3,(H,15,16). The van der Waals surface area contributed by atoms with Crippen LogP contribution in [0.3, 0.4) is 0 Å². The van der Waals surface area contributed by atoms with Gasteiger partial charge >= 0.3 is 5.97 Å². The molecule has 5 heteroatoms. The highest BCUT2D eigenvalue weighted by Crippen LogP contribution is 2.19. The Morgan fingerprint density at radius 1 is 1.29 bits per heavy atom. The van der Waals surface area contributed by atoms with Crippen molar-refractivity contribution >= 4 is 17.3 Å². The largest absolute Gasteiger partial charge is 0.477 e. The number of piperazine rings is 1. The maximum Gasteiger partial charge on any atom is 0.345 e. The Morgan fingerprint density at radius 3 is 2.47 bits per heavy atom. The summed E-state index contributed by atoms with van der Waals surface area (Å²) in [5.74, 6) is -0.822. The molecule has 94 valence electrons.